The first-order valence-electron chi connectivity index (χ1n) is 8.27. The zero-order valence-corrected chi connectivity index (χ0v) is 15.6. The van der Waals surface area contributed by atoms with Crippen molar-refractivity contribution in [3.63, 3.8) is 0 Å². The molecule has 4 N–H and O–H groups in total. The number of anilines is 1. The molecule has 0 amide bonds. The van der Waals surface area contributed by atoms with Crippen LogP contribution in [0.1, 0.15) is 30.3 Å². The molecule has 0 aliphatic heterocycles. The smallest absolute Gasteiger partial charge is 0.267 e. The second-order valence-corrected chi connectivity index (χ2v) is 7.44. The number of nitrogens with zero attached hydrogens (tertiary/aromatic N) is 3. The lowest BCUT2D eigenvalue weighted by molar-refractivity contribution is 0.573. The summed E-state index contributed by atoms with van der Waals surface area (Å²) >= 11 is 12.6. The van der Waals surface area contributed by atoms with E-state index in [4.69, 9.17) is 34.7 Å². The van der Waals surface area contributed by atoms with Gasteiger partial charge >= 0.3 is 0 Å². The molecule has 1 saturated carbocycles. The average Bonchev–Trinajstić information content (AvgIpc) is 3.43. The van der Waals surface area contributed by atoms with Crippen LogP contribution < -0.4 is 17.0 Å². The lowest BCUT2D eigenvalue weighted by Crippen LogP contribution is -2.30. The third-order valence-electron chi connectivity index (χ3n) is 4.72. The maximum Gasteiger partial charge on any atom is 0.267 e. The van der Waals surface area contributed by atoms with E-state index in [1.807, 2.05) is 6.92 Å². The Labute approximate surface area is 159 Å². The van der Waals surface area contributed by atoms with Crippen LogP contribution in [0.5, 0.6) is 0 Å². The van der Waals surface area contributed by atoms with Crippen molar-refractivity contribution in [1.82, 2.24) is 14.5 Å². The molecule has 0 bridgehead atoms. The number of halogens is 2. The Kier molecular flexibility index (Phi) is 4.14. The van der Waals surface area contributed by atoms with Crippen LogP contribution in [-0.2, 0) is 0 Å². The van der Waals surface area contributed by atoms with Gasteiger partial charge in [0.25, 0.3) is 5.56 Å². The summed E-state index contributed by atoms with van der Waals surface area (Å²) in [6, 6.07) is 4.55. The number of nitrogens with two attached hydrogens (primary N) is 2. The first kappa shape index (κ1) is 17.3. The number of benzene rings is 1. The van der Waals surface area contributed by atoms with Gasteiger partial charge in [-0.2, -0.15) is 0 Å². The molecule has 134 valence electrons. The van der Waals surface area contributed by atoms with E-state index in [9.17, 15) is 4.79 Å². The van der Waals surface area contributed by atoms with Gasteiger partial charge in [-0.25, -0.2) is 9.97 Å². The zero-order valence-electron chi connectivity index (χ0n) is 14.0. The molecule has 1 aromatic carbocycles. The van der Waals surface area contributed by atoms with Crippen LogP contribution in [0.3, 0.4) is 0 Å². The second-order valence-electron chi connectivity index (χ2n) is 6.62. The van der Waals surface area contributed by atoms with E-state index in [1.54, 1.807) is 24.4 Å². The molecule has 0 spiro atoms. The summed E-state index contributed by atoms with van der Waals surface area (Å²) in [5.74, 6) is 1.14. The second kappa shape index (κ2) is 6.23. The van der Waals surface area contributed by atoms with Gasteiger partial charge in [-0.3, -0.25) is 9.36 Å². The van der Waals surface area contributed by atoms with Gasteiger partial charge in [0.1, 0.15) is 11.6 Å². The zero-order chi connectivity index (χ0) is 18.6. The van der Waals surface area contributed by atoms with Crippen LogP contribution >= 0.6 is 23.2 Å². The van der Waals surface area contributed by atoms with Gasteiger partial charge in [0.05, 0.1) is 38.9 Å². The Morgan fingerprint density at radius 3 is 2.62 bits per heavy atom. The van der Waals surface area contributed by atoms with Crippen LogP contribution in [-0.4, -0.2) is 14.5 Å². The summed E-state index contributed by atoms with van der Waals surface area (Å²) in [7, 11) is 0. The molecule has 2 heterocycles. The van der Waals surface area contributed by atoms with E-state index in [-0.39, 0.29) is 17.0 Å². The molecule has 1 fully saturated rings. The van der Waals surface area contributed by atoms with Crippen molar-refractivity contribution in [2.75, 3.05) is 5.73 Å². The molecule has 2 aromatic heterocycles. The normalized spacial score (nSPS) is 15.4. The fourth-order valence-corrected chi connectivity index (χ4v) is 3.59. The predicted molar refractivity (Wildman–Crippen MR) is 104 cm³/mol. The van der Waals surface area contributed by atoms with E-state index < -0.39 is 0 Å². The van der Waals surface area contributed by atoms with Gasteiger partial charge in [0.2, 0.25) is 0 Å². The summed E-state index contributed by atoms with van der Waals surface area (Å²) in [6.07, 6.45) is 3.58. The highest BCUT2D eigenvalue weighted by atomic mass is 35.5. The molecule has 1 unspecified atom stereocenters. The van der Waals surface area contributed by atoms with Gasteiger partial charge in [-0.15, -0.1) is 0 Å². The van der Waals surface area contributed by atoms with E-state index in [2.05, 4.69) is 9.97 Å². The van der Waals surface area contributed by atoms with Crippen molar-refractivity contribution in [1.29, 1.82) is 0 Å². The van der Waals surface area contributed by atoms with Gasteiger partial charge in [-0.05, 0) is 49.4 Å². The van der Waals surface area contributed by atoms with Crippen molar-refractivity contribution < 1.29 is 0 Å². The largest absolute Gasteiger partial charge is 0.384 e. The summed E-state index contributed by atoms with van der Waals surface area (Å²) < 4.78 is 1.50. The molecule has 0 saturated heterocycles. The van der Waals surface area contributed by atoms with Gasteiger partial charge in [0, 0.05) is 0 Å². The number of pyridine rings is 1. The predicted octanol–water partition coefficient (Wildman–Crippen LogP) is 3.39. The Morgan fingerprint density at radius 1 is 1.27 bits per heavy atom. The Bertz CT molecular complexity index is 1090. The van der Waals surface area contributed by atoms with Crippen LogP contribution in [0.25, 0.3) is 16.6 Å². The summed E-state index contributed by atoms with van der Waals surface area (Å²) in [5, 5.41) is 0.926. The van der Waals surface area contributed by atoms with Crippen molar-refractivity contribution in [2.45, 2.75) is 25.8 Å². The number of aromatic nitrogens is 3. The number of aryl methyl sites for hydroxylation is 1. The monoisotopic (exact) mass is 389 g/mol. The third-order valence-corrected chi connectivity index (χ3v) is 5.34. The highest BCUT2D eigenvalue weighted by molar-refractivity contribution is 6.39. The molecule has 1 aliphatic rings. The molecule has 0 radical (unpaired) electrons. The molecule has 6 nitrogen and oxygen atoms in total. The van der Waals surface area contributed by atoms with Crippen LogP contribution in [0.15, 0.2) is 29.2 Å². The van der Waals surface area contributed by atoms with Crippen LogP contribution in [0.4, 0.5) is 5.82 Å². The highest BCUT2D eigenvalue weighted by Crippen LogP contribution is 2.40. The number of hydrogen-bond acceptors (Lipinski definition) is 5. The maximum absolute atomic E-state index is 13.4. The van der Waals surface area contributed by atoms with Crippen molar-refractivity contribution in [3.8, 4) is 5.69 Å². The Morgan fingerprint density at radius 2 is 1.96 bits per heavy atom. The van der Waals surface area contributed by atoms with Crippen molar-refractivity contribution in [2.24, 2.45) is 11.7 Å². The molecule has 4 rings (SSSR count). The molecule has 8 heteroatoms. The summed E-state index contributed by atoms with van der Waals surface area (Å²) in [5.41, 5.74) is 13.6. The van der Waals surface area contributed by atoms with Gasteiger partial charge in [0.15, 0.2) is 0 Å². The first-order valence-corrected chi connectivity index (χ1v) is 9.03. The summed E-state index contributed by atoms with van der Waals surface area (Å²) in [6.45, 7) is 1.86. The molecule has 1 atom stereocenters. The lowest BCUT2D eigenvalue weighted by atomic mass is 10.1. The number of nitrogen functional groups attached to an aromatic ring is 1. The topological polar surface area (TPSA) is 99.8 Å². The molecule has 26 heavy (non-hydrogen) atoms. The summed E-state index contributed by atoms with van der Waals surface area (Å²) in [4.78, 5) is 22.2. The fraction of sp³-hybridized carbons (Fsp3) is 0.278. The molecule has 3 aromatic rings. The van der Waals surface area contributed by atoms with Crippen LogP contribution in [0.2, 0.25) is 10.0 Å². The minimum Gasteiger partial charge on any atom is -0.384 e. The van der Waals surface area contributed by atoms with Gasteiger partial charge < -0.3 is 11.5 Å². The molecular formula is C18H17Cl2N5O. The van der Waals surface area contributed by atoms with Crippen LogP contribution in [0, 0.1) is 12.8 Å². The number of hydrogen-bond donors (Lipinski definition) is 2. The maximum atomic E-state index is 13.4. The van der Waals surface area contributed by atoms with E-state index in [0.29, 0.717) is 38.8 Å². The number of rotatable bonds is 3. The van der Waals surface area contributed by atoms with E-state index in [1.165, 1.54) is 4.57 Å². The number of fused-ring (bicyclic) bond motifs is 1. The van der Waals surface area contributed by atoms with Crippen molar-refractivity contribution >= 4 is 39.9 Å². The molecule has 1 aliphatic carbocycles. The standard InChI is InChI=1S/C18H17Cl2N5O/c1-8-6-13(21)23-7-12(8)25-17(15(22)9-2-3-9)24-16-11(20)5-4-10(19)14(16)18(25)26/h4-7,9,15H,2-3,22H2,1H3,(H2,21,23). The average molecular weight is 390 g/mol. The molecular weight excluding hydrogens is 373 g/mol. The van der Waals surface area contributed by atoms with E-state index in [0.717, 1.165) is 18.4 Å². The Hall–Kier alpha value is -2.15. The first-order chi connectivity index (χ1) is 12.4. The minimum absolute atomic E-state index is 0.266. The fourth-order valence-electron chi connectivity index (χ4n) is 3.16. The SMILES string of the molecule is Cc1cc(N)ncc1-n1c(C(N)C2CC2)nc2c(Cl)ccc(Cl)c2c1=O. The third kappa shape index (κ3) is 2.74. The van der Waals surface area contributed by atoms with Crippen molar-refractivity contribution in [3.05, 3.63) is 56.2 Å². The highest BCUT2D eigenvalue weighted by Gasteiger charge is 2.33. The minimum atomic E-state index is -0.376. The lowest BCUT2D eigenvalue weighted by Gasteiger charge is -2.20. The Balaban J connectivity index is 2.12. The van der Waals surface area contributed by atoms with E-state index >= 15 is 0 Å². The van der Waals surface area contributed by atoms with Gasteiger partial charge in [-0.1, -0.05) is 23.2 Å². The quantitative estimate of drug-likeness (QED) is 0.714.